The quantitative estimate of drug-likeness (QED) is 0.0401. The van der Waals surface area contributed by atoms with E-state index in [0.717, 1.165) is 112 Å². The standard InChI is InChI=1S/C44H75N3O3S/c1-4-5-6-7-8-9-10-11-12-13-17-20-31-51-32-30-49-36(2)23-28-46(26-21-27-47-29-24-45-35-47)25-19-16-14-15-18-22-39(48)50-34-44-33-38-40-37(3)42(44)41(40)43(38)44/h24,29,35,37-38,40-43H,2,4-23,25-28,30-34H2,1,3H3. The van der Waals surface area contributed by atoms with Crippen LogP contribution in [0.1, 0.15) is 149 Å². The molecule has 7 atom stereocenters. The van der Waals surface area contributed by atoms with Gasteiger partial charge in [-0.05, 0) is 86.5 Å². The van der Waals surface area contributed by atoms with Crippen molar-refractivity contribution in [2.24, 2.45) is 40.9 Å². The van der Waals surface area contributed by atoms with Crippen molar-refractivity contribution in [1.29, 1.82) is 0 Å². The average Bonchev–Trinajstić information content (AvgIpc) is 3.65. The molecule has 1 heterocycles. The van der Waals surface area contributed by atoms with E-state index in [9.17, 15) is 4.79 Å². The molecule has 7 heteroatoms. The zero-order chi connectivity index (χ0) is 35.7. The maximum atomic E-state index is 12.5. The number of esters is 1. The molecule has 0 radical (unpaired) electrons. The lowest BCUT2D eigenvalue weighted by Gasteiger charge is -2.92. The Labute approximate surface area is 317 Å². The number of carbonyl (C=O) groups is 1. The Bertz CT molecular complexity index is 1120. The van der Waals surface area contributed by atoms with Gasteiger partial charge in [0, 0.05) is 49.5 Å². The second-order valence-electron chi connectivity index (χ2n) is 17.0. The van der Waals surface area contributed by atoms with Gasteiger partial charge in [-0.15, -0.1) is 0 Å². The summed E-state index contributed by atoms with van der Waals surface area (Å²) < 4.78 is 14.1. The molecule has 0 aromatic carbocycles. The predicted molar refractivity (Wildman–Crippen MR) is 214 cm³/mol. The van der Waals surface area contributed by atoms with Crippen molar-refractivity contribution in [3.63, 3.8) is 0 Å². The molecule has 51 heavy (non-hydrogen) atoms. The molecule has 1 aromatic rings. The summed E-state index contributed by atoms with van der Waals surface area (Å²) in [6.07, 6.45) is 32.4. The Kier molecular flexibility index (Phi) is 17.6. The SMILES string of the molecule is C=C(CCN(CCCCCCCC(=O)OCC12CC3C4C(C)C1C4C32)CCCn1ccnc1)OCCSCCCCCCCCCCCCCC. The minimum atomic E-state index is 0.0452. The predicted octanol–water partition coefficient (Wildman–Crippen LogP) is 11.0. The number of nitrogens with zero attached hydrogens (tertiary/aromatic N) is 3. The largest absolute Gasteiger partial charge is 0.498 e. The van der Waals surface area contributed by atoms with E-state index in [2.05, 4.69) is 34.9 Å². The van der Waals surface area contributed by atoms with Gasteiger partial charge in [0.15, 0.2) is 0 Å². The summed E-state index contributed by atoms with van der Waals surface area (Å²) in [5.74, 6) is 9.04. The minimum Gasteiger partial charge on any atom is -0.498 e. The fraction of sp³-hybridized carbons (Fsp3) is 0.864. The normalized spacial score (nSPS) is 26.5. The van der Waals surface area contributed by atoms with E-state index in [0.29, 0.717) is 11.8 Å². The lowest BCUT2D eigenvalue weighted by atomic mass is 9.12. The van der Waals surface area contributed by atoms with Crippen LogP contribution in [0, 0.1) is 40.9 Å². The molecular weight excluding hydrogens is 651 g/mol. The third kappa shape index (κ3) is 11.5. The smallest absolute Gasteiger partial charge is 0.305 e. The number of imidazole rings is 1. The number of hydrogen-bond acceptors (Lipinski definition) is 6. The first-order valence-electron chi connectivity index (χ1n) is 21.8. The first-order valence-corrected chi connectivity index (χ1v) is 22.9. The maximum absolute atomic E-state index is 12.5. The van der Waals surface area contributed by atoms with Crippen LogP contribution in [-0.2, 0) is 20.8 Å². The number of rotatable bonds is 34. The molecule has 4 fully saturated rings. The van der Waals surface area contributed by atoms with Crippen LogP contribution in [0.2, 0.25) is 0 Å². The molecule has 290 valence electrons. The molecule has 4 saturated carbocycles. The molecule has 0 bridgehead atoms. The second kappa shape index (κ2) is 22.0. The monoisotopic (exact) mass is 726 g/mol. The number of carbonyl (C=O) groups excluding carboxylic acids is 1. The molecule has 1 aromatic heterocycles. The fourth-order valence-electron chi connectivity index (χ4n) is 10.8. The summed E-state index contributed by atoms with van der Waals surface area (Å²) in [5, 5.41) is 0. The van der Waals surface area contributed by atoms with Crippen molar-refractivity contribution in [3.05, 3.63) is 31.1 Å². The van der Waals surface area contributed by atoms with Crippen LogP contribution in [0.4, 0.5) is 0 Å². The third-order valence-corrected chi connectivity index (χ3v) is 14.6. The van der Waals surface area contributed by atoms with Gasteiger partial charge >= 0.3 is 5.97 Å². The molecular formula is C44H75N3O3S. The van der Waals surface area contributed by atoms with Crippen molar-refractivity contribution >= 4 is 17.7 Å². The Morgan fingerprint density at radius 2 is 1.51 bits per heavy atom. The van der Waals surface area contributed by atoms with Crippen LogP contribution < -0.4 is 0 Å². The average molecular weight is 726 g/mol. The lowest BCUT2D eigenvalue weighted by molar-refractivity contribution is -0.461. The molecule has 6 nitrogen and oxygen atoms in total. The topological polar surface area (TPSA) is 56.6 Å². The van der Waals surface area contributed by atoms with Crippen LogP contribution >= 0.6 is 11.8 Å². The van der Waals surface area contributed by atoms with E-state index in [1.807, 2.05) is 30.5 Å². The molecule has 0 saturated heterocycles. The number of aromatic nitrogens is 2. The van der Waals surface area contributed by atoms with Crippen molar-refractivity contribution in [1.82, 2.24) is 14.5 Å². The fourth-order valence-corrected chi connectivity index (χ4v) is 11.7. The van der Waals surface area contributed by atoms with Gasteiger partial charge in [-0.2, -0.15) is 11.8 Å². The molecule has 0 N–H and O–H groups in total. The highest BCUT2D eigenvalue weighted by Gasteiger charge is 2.88. The van der Waals surface area contributed by atoms with Crippen molar-refractivity contribution in [2.45, 2.75) is 155 Å². The first-order chi connectivity index (χ1) is 25.0. The minimum absolute atomic E-state index is 0.0452. The zero-order valence-corrected chi connectivity index (χ0v) is 33.7. The summed E-state index contributed by atoms with van der Waals surface area (Å²) in [6.45, 7) is 14.7. The number of hydrogen-bond donors (Lipinski definition) is 0. The van der Waals surface area contributed by atoms with Crippen molar-refractivity contribution in [2.75, 3.05) is 44.4 Å². The van der Waals surface area contributed by atoms with Crippen LogP contribution in [-0.4, -0.2) is 64.8 Å². The summed E-state index contributed by atoms with van der Waals surface area (Å²) in [7, 11) is 0. The van der Waals surface area contributed by atoms with Gasteiger partial charge in [-0.1, -0.05) is 110 Å². The Hall–Kier alpha value is -1.47. The zero-order valence-electron chi connectivity index (χ0n) is 32.9. The molecule has 0 spiro atoms. The molecule has 0 amide bonds. The van der Waals surface area contributed by atoms with Gasteiger partial charge < -0.3 is 18.9 Å². The van der Waals surface area contributed by atoms with Gasteiger partial charge in [-0.25, -0.2) is 4.98 Å². The Morgan fingerprint density at radius 1 is 0.824 bits per heavy atom. The number of ether oxygens (including phenoxy) is 2. The van der Waals surface area contributed by atoms with E-state index in [1.54, 1.807) is 0 Å². The molecule has 7 unspecified atom stereocenters. The van der Waals surface area contributed by atoms with Crippen molar-refractivity contribution in [3.8, 4) is 0 Å². The van der Waals surface area contributed by atoms with E-state index in [-0.39, 0.29) is 5.97 Å². The second-order valence-corrected chi connectivity index (χ2v) is 18.2. The summed E-state index contributed by atoms with van der Waals surface area (Å²) in [4.78, 5) is 19.3. The van der Waals surface area contributed by atoms with Crippen LogP contribution in [0.15, 0.2) is 31.1 Å². The Morgan fingerprint density at radius 3 is 2.18 bits per heavy atom. The van der Waals surface area contributed by atoms with Gasteiger partial charge in [-0.3, -0.25) is 4.79 Å². The van der Waals surface area contributed by atoms with Gasteiger partial charge in [0.25, 0.3) is 0 Å². The van der Waals surface area contributed by atoms with Crippen molar-refractivity contribution < 1.29 is 14.3 Å². The highest BCUT2D eigenvalue weighted by atomic mass is 32.2. The third-order valence-electron chi connectivity index (χ3n) is 13.5. The molecule has 5 rings (SSSR count). The van der Waals surface area contributed by atoms with Gasteiger partial charge in [0.1, 0.15) is 0 Å². The maximum Gasteiger partial charge on any atom is 0.305 e. The first kappa shape index (κ1) is 40.7. The highest BCUT2D eigenvalue weighted by Crippen LogP contribution is 2.91. The summed E-state index contributed by atoms with van der Waals surface area (Å²) in [6, 6.07) is 0. The Balaban J connectivity index is 0.826. The number of thioether (sulfide) groups is 1. The summed E-state index contributed by atoms with van der Waals surface area (Å²) in [5.41, 5.74) is 0.410. The molecule has 4 aliphatic rings. The van der Waals surface area contributed by atoms with Gasteiger partial charge in [0.2, 0.25) is 0 Å². The lowest BCUT2D eigenvalue weighted by Crippen LogP contribution is -2.89. The summed E-state index contributed by atoms with van der Waals surface area (Å²) >= 11 is 2.03. The van der Waals surface area contributed by atoms with Gasteiger partial charge in [0.05, 0.1) is 25.3 Å². The number of aryl methyl sites for hydroxylation is 1. The van der Waals surface area contributed by atoms with Crippen LogP contribution in [0.5, 0.6) is 0 Å². The van der Waals surface area contributed by atoms with E-state index >= 15 is 0 Å². The van der Waals surface area contributed by atoms with E-state index in [4.69, 9.17) is 9.47 Å². The van der Waals surface area contributed by atoms with Crippen LogP contribution in [0.25, 0.3) is 0 Å². The van der Waals surface area contributed by atoms with Crippen LogP contribution in [0.3, 0.4) is 0 Å². The van der Waals surface area contributed by atoms with E-state index < -0.39 is 0 Å². The van der Waals surface area contributed by atoms with E-state index in [1.165, 1.54) is 108 Å². The number of unbranched alkanes of at least 4 members (excludes halogenated alkanes) is 15. The highest BCUT2D eigenvalue weighted by molar-refractivity contribution is 7.99. The molecule has 4 aliphatic carbocycles. The number of fused-ring (bicyclic) bond motifs is 2. The molecule has 0 aliphatic heterocycles.